The van der Waals surface area contributed by atoms with E-state index in [0.717, 1.165) is 19.1 Å². The van der Waals surface area contributed by atoms with E-state index in [0.29, 0.717) is 6.04 Å². The van der Waals surface area contributed by atoms with Crippen molar-refractivity contribution >= 4 is 0 Å². The minimum atomic E-state index is 0.182. The van der Waals surface area contributed by atoms with Crippen LogP contribution in [0.2, 0.25) is 0 Å². The fourth-order valence-electron chi connectivity index (χ4n) is 2.27. The van der Waals surface area contributed by atoms with Gasteiger partial charge in [-0.2, -0.15) is 0 Å². The summed E-state index contributed by atoms with van der Waals surface area (Å²) in [5.74, 6) is 0.941. The summed E-state index contributed by atoms with van der Waals surface area (Å²) in [5.41, 5.74) is 2.60. The smallest absolute Gasteiger partial charge is 0.0949 e. The minimum Gasteiger partial charge on any atom is -0.372 e. The highest BCUT2D eigenvalue weighted by Crippen LogP contribution is 2.32. The molecule has 1 N–H and O–H groups in total. The van der Waals surface area contributed by atoms with Crippen molar-refractivity contribution in [3.8, 4) is 0 Å². The van der Waals surface area contributed by atoms with Crippen molar-refractivity contribution < 1.29 is 4.74 Å². The Morgan fingerprint density at radius 3 is 2.74 bits per heavy atom. The van der Waals surface area contributed by atoms with Gasteiger partial charge in [-0.05, 0) is 24.8 Å². The number of ether oxygens (including phenoxy) is 1. The molecule has 0 aromatic heterocycles. The van der Waals surface area contributed by atoms with Crippen LogP contribution in [-0.2, 0) is 4.74 Å². The summed E-state index contributed by atoms with van der Waals surface area (Å²) in [7, 11) is 0. The van der Waals surface area contributed by atoms with Crippen LogP contribution in [-0.4, -0.2) is 19.2 Å². The quantitative estimate of drug-likeness (QED) is 0.767. The van der Waals surface area contributed by atoms with Crippen LogP contribution < -0.4 is 5.32 Å². The molecule has 1 aliphatic carbocycles. The average molecular weight is 261 g/mol. The van der Waals surface area contributed by atoms with Crippen molar-refractivity contribution in [3.63, 3.8) is 0 Å². The Labute approximate surface area is 117 Å². The van der Waals surface area contributed by atoms with E-state index in [1.807, 2.05) is 0 Å². The molecule has 1 fully saturated rings. The lowest BCUT2D eigenvalue weighted by atomic mass is 10.1. The summed E-state index contributed by atoms with van der Waals surface area (Å²) in [6.45, 7) is 8.28. The van der Waals surface area contributed by atoms with Gasteiger partial charge < -0.3 is 10.1 Å². The largest absolute Gasteiger partial charge is 0.372 e. The van der Waals surface area contributed by atoms with E-state index in [1.165, 1.54) is 30.4 Å². The van der Waals surface area contributed by atoms with Gasteiger partial charge in [-0.3, -0.25) is 0 Å². The van der Waals surface area contributed by atoms with Gasteiger partial charge in [0.05, 0.1) is 6.10 Å². The first-order valence-electron chi connectivity index (χ1n) is 7.56. The summed E-state index contributed by atoms with van der Waals surface area (Å²) in [6.07, 6.45) is 4.22. The summed E-state index contributed by atoms with van der Waals surface area (Å²) < 4.78 is 6.12. The molecule has 0 heterocycles. The first kappa shape index (κ1) is 14.5. The highest BCUT2D eigenvalue weighted by atomic mass is 16.5. The molecule has 1 saturated carbocycles. The van der Waals surface area contributed by atoms with Crippen molar-refractivity contribution in [2.45, 2.75) is 52.2 Å². The van der Waals surface area contributed by atoms with Gasteiger partial charge in [0, 0.05) is 19.2 Å². The van der Waals surface area contributed by atoms with E-state index in [4.69, 9.17) is 4.74 Å². The molecule has 0 bridgehead atoms. The molecule has 1 unspecified atom stereocenters. The number of aryl methyl sites for hydroxylation is 1. The zero-order valence-corrected chi connectivity index (χ0v) is 12.5. The van der Waals surface area contributed by atoms with Crippen LogP contribution in [0.25, 0.3) is 0 Å². The molecule has 1 atom stereocenters. The Balaban J connectivity index is 1.91. The maximum atomic E-state index is 6.12. The SMILES string of the molecule is Cc1cccc(C(CNC(C)C)OCCC2CC2)c1. The fourth-order valence-corrected chi connectivity index (χ4v) is 2.27. The van der Waals surface area contributed by atoms with Gasteiger partial charge >= 0.3 is 0 Å². The van der Waals surface area contributed by atoms with Crippen LogP contribution >= 0.6 is 0 Å². The van der Waals surface area contributed by atoms with E-state index >= 15 is 0 Å². The second kappa shape index (κ2) is 7.06. The standard InChI is InChI=1S/C17H27NO/c1-13(2)18-12-17(19-10-9-15-7-8-15)16-6-4-5-14(3)11-16/h4-6,11,13,15,17-18H,7-10,12H2,1-3H3. The predicted octanol–water partition coefficient (Wildman–Crippen LogP) is 3.85. The van der Waals surface area contributed by atoms with Crippen LogP contribution in [0.4, 0.5) is 0 Å². The van der Waals surface area contributed by atoms with E-state index in [-0.39, 0.29) is 6.10 Å². The Morgan fingerprint density at radius 2 is 2.11 bits per heavy atom. The third-order valence-corrected chi connectivity index (χ3v) is 3.67. The summed E-state index contributed by atoms with van der Waals surface area (Å²) >= 11 is 0. The molecular weight excluding hydrogens is 234 g/mol. The summed E-state index contributed by atoms with van der Waals surface area (Å²) in [6, 6.07) is 9.18. The molecule has 1 aromatic rings. The third-order valence-electron chi connectivity index (χ3n) is 3.67. The number of nitrogens with one attached hydrogen (secondary N) is 1. The number of hydrogen-bond acceptors (Lipinski definition) is 2. The maximum absolute atomic E-state index is 6.12. The third kappa shape index (κ3) is 5.33. The molecule has 106 valence electrons. The number of rotatable bonds is 8. The molecule has 1 aliphatic rings. The Morgan fingerprint density at radius 1 is 1.32 bits per heavy atom. The molecule has 2 heteroatoms. The Hall–Kier alpha value is -0.860. The van der Waals surface area contributed by atoms with Crippen molar-refractivity contribution in [2.75, 3.05) is 13.2 Å². The summed E-state index contributed by atoms with van der Waals surface area (Å²) in [4.78, 5) is 0. The highest BCUT2D eigenvalue weighted by molar-refractivity contribution is 5.24. The van der Waals surface area contributed by atoms with Crippen molar-refractivity contribution in [2.24, 2.45) is 5.92 Å². The molecular formula is C17H27NO. The lowest BCUT2D eigenvalue weighted by Gasteiger charge is -2.21. The maximum Gasteiger partial charge on any atom is 0.0949 e. The number of hydrogen-bond donors (Lipinski definition) is 1. The summed E-state index contributed by atoms with van der Waals surface area (Å²) in [5, 5.41) is 3.49. The van der Waals surface area contributed by atoms with Crippen LogP contribution in [0.3, 0.4) is 0 Å². The van der Waals surface area contributed by atoms with Crippen LogP contribution in [0.15, 0.2) is 24.3 Å². The first-order chi connectivity index (χ1) is 9.15. The molecule has 2 rings (SSSR count). The van der Waals surface area contributed by atoms with Gasteiger partial charge in [-0.1, -0.05) is 56.5 Å². The molecule has 19 heavy (non-hydrogen) atoms. The molecule has 2 nitrogen and oxygen atoms in total. The van der Waals surface area contributed by atoms with E-state index in [1.54, 1.807) is 0 Å². The number of benzene rings is 1. The van der Waals surface area contributed by atoms with Crippen LogP contribution in [0.1, 0.15) is 50.3 Å². The molecule has 0 saturated heterocycles. The van der Waals surface area contributed by atoms with Gasteiger partial charge in [-0.25, -0.2) is 0 Å². The second-order valence-corrected chi connectivity index (χ2v) is 6.07. The Kier molecular flexibility index (Phi) is 5.41. The lowest BCUT2D eigenvalue weighted by Crippen LogP contribution is -2.29. The molecule has 0 spiro atoms. The van der Waals surface area contributed by atoms with Gasteiger partial charge in [0.1, 0.15) is 0 Å². The molecule has 0 aliphatic heterocycles. The van der Waals surface area contributed by atoms with Gasteiger partial charge in [0.15, 0.2) is 0 Å². The minimum absolute atomic E-state index is 0.182. The Bertz CT molecular complexity index is 385. The van der Waals surface area contributed by atoms with Gasteiger partial charge in [0.2, 0.25) is 0 Å². The van der Waals surface area contributed by atoms with E-state index in [9.17, 15) is 0 Å². The normalized spacial score (nSPS) is 16.8. The van der Waals surface area contributed by atoms with Crippen molar-refractivity contribution in [1.29, 1.82) is 0 Å². The van der Waals surface area contributed by atoms with Crippen molar-refractivity contribution in [1.82, 2.24) is 5.32 Å². The second-order valence-electron chi connectivity index (χ2n) is 6.07. The average Bonchev–Trinajstić information content (AvgIpc) is 3.17. The topological polar surface area (TPSA) is 21.3 Å². The first-order valence-corrected chi connectivity index (χ1v) is 7.56. The van der Waals surface area contributed by atoms with E-state index in [2.05, 4.69) is 50.4 Å². The fraction of sp³-hybridized carbons (Fsp3) is 0.647. The van der Waals surface area contributed by atoms with Crippen LogP contribution in [0.5, 0.6) is 0 Å². The zero-order chi connectivity index (χ0) is 13.7. The zero-order valence-electron chi connectivity index (χ0n) is 12.5. The lowest BCUT2D eigenvalue weighted by molar-refractivity contribution is 0.0473. The van der Waals surface area contributed by atoms with Gasteiger partial charge in [-0.15, -0.1) is 0 Å². The monoisotopic (exact) mass is 261 g/mol. The van der Waals surface area contributed by atoms with Gasteiger partial charge in [0.25, 0.3) is 0 Å². The van der Waals surface area contributed by atoms with Crippen molar-refractivity contribution in [3.05, 3.63) is 35.4 Å². The predicted molar refractivity (Wildman–Crippen MR) is 80.4 cm³/mol. The molecule has 0 radical (unpaired) electrons. The van der Waals surface area contributed by atoms with Crippen LogP contribution in [0, 0.1) is 12.8 Å². The van der Waals surface area contributed by atoms with E-state index < -0.39 is 0 Å². The highest BCUT2D eigenvalue weighted by Gasteiger charge is 2.21. The molecule has 0 amide bonds. The molecule has 1 aromatic carbocycles.